The first-order valence-electron chi connectivity index (χ1n) is 26.1. The smallest absolute Gasteiger partial charge is 0.143 e. The van der Waals surface area contributed by atoms with Gasteiger partial charge in [0.05, 0.1) is 11.1 Å². The molecule has 0 N–H and O–H groups in total. The summed E-state index contributed by atoms with van der Waals surface area (Å²) in [5.74, 6) is 0. The maximum absolute atomic E-state index is 6.51. The van der Waals surface area contributed by atoms with E-state index in [1.165, 1.54) is 38.9 Å². The van der Waals surface area contributed by atoms with Crippen LogP contribution in [0.4, 0.5) is 17.1 Å². The van der Waals surface area contributed by atoms with Gasteiger partial charge < -0.3 is 13.7 Å². The zero-order valence-corrected chi connectivity index (χ0v) is 41.4. The molecule has 2 aromatic heterocycles. The molecule has 0 bridgehead atoms. The molecular formula is C73H47NO2. The van der Waals surface area contributed by atoms with E-state index < -0.39 is 5.41 Å². The Morgan fingerprint density at radius 3 is 1.51 bits per heavy atom. The molecule has 3 nitrogen and oxygen atoms in total. The molecule has 0 unspecified atom stereocenters. The van der Waals surface area contributed by atoms with Crippen LogP contribution in [0.1, 0.15) is 22.3 Å². The van der Waals surface area contributed by atoms with Gasteiger partial charge in [0.1, 0.15) is 22.3 Å². The van der Waals surface area contributed by atoms with Gasteiger partial charge in [-0.3, -0.25) is 0 Å². The van der Waals surface area contributed by atoms with Gasteiger partial charge in [-0.1, -0.05) is 218 Å². The number of para-hydroxylation sites is 4. The van der Waals surface area contributed by atoms with Crippen LogP contribution in [0, 0.1) is 0 Å². The van der Waals surface area contributed by atoms with E-state index in [2.05, 4.69) is 266 Å². The van der Waals surface area contributed by atoms with E-state index in [4.69, 9.17) is 8.83 Å². The zero-order chi connectivity index (χ0) is 50.2. The Kier molecular flexibility index (Phi) is 10.1. The van der Waals surface area contributed by atoms with E-state index in [-0.39, 0.29) is 0 Å². The summed E-state index contributed by atoms with van der Waals surface area (Å²) in [5, 5.41) is 4.49. The van der Waals surface area contributed by atoms with E-state index in [9.17, 15) is 0 Å². The standard InChI is InChI=1S/C73H47NO2/c1-3-19-54(20-4-1)73(55-21-5-2-6-22-55)66-29-11-7-24-60(66)65-46-51(38-44-67(65)73)50-17-15-18-53(45-50)58-23-8-12-30-68(58)74(56-39-33-48(34-40-56)52-37-43-63-61-25-9-13-31-69(61)75-71(63)47-52)57-41-35-49(36-42-57)59-27-16-28-64-62-26-10-14-32-70(62)76-72(59)64/h1-47H. The van der Waals surface area contributed by atoms with Crippen LogP contribution in [0.25, 0.3) is 99.5 Å². The minimum atomic E-state index is -0.448. The van der Waals surface area contributed by atoms with Crippen molar-refractivity contribution in [1.29, 1.82) is 0 Å². The summed E-state index contributed by atoms with van der Waals surface area (Å²) in [4.78, 5) is 2.39. The Morgan fingerprint density at radius 1 is 0.263 bits per heavy atom. The van der Waals surface area contributed by atoms with Gasteiger partial charge in [-0.25, -0.2) is 0 Å². The number of hydrogen-bond acceptors (Lipinski definition) is 3. The molecule has 0 aliphatic heterocycles. The van der Waals surface area contributed by atoms with Crippen molar-refractivity contribution in [2.45, 2.75) is 5.41 Å². The monoisotopic (exact) mass is 969 g/mol. The summed E-state index contributed by atoms with van der Waals surface area (Å²) in [6, 6.07) is 103. The minimum Gasteiger partial charge on any atom is -0.456 e. The SMILES string of the molecule is c1ccc(C2(c3ccccc3)c3ccccc3-c3cc(-c4cccc(-c5ccccc5N(c5ccc(-c6ccc7c(c6)oc6ccccc67)cc5)c5ccc(-c6cccc7c6oc6ccccc67)cc5)c4)ccc32)cc1. The average molecular weight is 970 g/mol. The number of fused-ring (bicyclic) bond motifs is 9. The van der Waals surface area contributed by atoms with Crippen LogP contribution < -0.4 is 4.90 Å². The van der Waals surface area contributed by atoms with Gasteiger partial charge in [0.2, 0.25) is 0 Å². The largest absolute Gasteiger partial charge is 0.456 e. The maximum atomic E-state index is 6.51. The van der Waals surface area contributed by atoms with E-state index in [0.29, 0.717) is 0 Å². The third kappa shape index (κ3) is 6.90. The van der Waals surface area contributed by atoms with Gasteiger partial charge in [0, 0.05) is 44.0 Å². The quantitative estimate of drug-likeness (QED) is 0.144. The third-order valence-electron chi connectivity index (χ3n) is 15.8. The zero-order valence-electron chi connectivity index (χ0n) is 41.4. The van der Waals surface area contributed by atoms with E-state index in [1.807, 2.05) is 24.3 Å². The van der Waals surface area contributed by atoms with Gasteiger partial charge in [-0.05, 0) is 133 Å². The highest BCUT2D eigenvalue weighted by Gasteiger charge is 2.46. The van der Waals surface area contributed by atoms with Crippen LogP contribution in [0.5, 0.6) is 0 Å². The summed E-state index contributed by atoms with van der Waals surface area (Å²) in [5.41, 5.74) is 22.9. The molecular weight excluding hydrogens is 923 g/mol. The van der Waals surface area contributed by atoms with Gasteiger partial charge in [0.25, 0.3) is 0 Å². The number of benzene rings is 12. The van der Waals surface area contributed by atoms with Crippen LogP contribution in [-0.4, -0.2) is 0 Å². The second-order valence-electron chi connectivity index (χ2n) is 19.9. The molecule has 0 saturated carbocycles. The van der Waals surface area contributed by atoms with E-state index in [1.54, 1.807) is 0 Å². The highest BCUT2D eigenvalue weighted by molar-refractivity contribution is 6.10. The van der Waals surface area contributed by atoms with Crippen LogP contribution in [0.2, 0.25) is 0 Å². The number of hydrogen-bond donors (Lipinski definition) is 0. The fraction of sp³-hybridized carbons (Fsp3) is 0.0137. The normalized spacial score (nSPS) is 12.6. The number of rotatable bonds is 9. The van der Waals surface area contributed by atoms with Gasteiger partial charge >= 0.3 is 0 Å². The maximum Gasteiger partial charge on any atom is 0.143 e. The molecule has 0 fully saturated rings. The molecule has 356 valence electrons. The lowest BCUT2D eigenvalue weighted by Gasteiger charge is -2.33. The van der Waals surface area contributed by atoms with Crippen molar-refractivity contribution in [3.63, 3.8) is 0 Å². The van der Waals surface area contributed by atoms with Crippen molar-refractivity contribution >= 4 is 60.9 Å². The van der Waals surface area contributed by atoms with Gasteiger partial charge in [-0.15, -0.1) is 0 Å². The van der Waals surface area contributed by atoms with Crippen LogP contribution in [-0.2, 0) is 5.41 Å². The highest BCUT2D eigenvalue weighted by atomic mass is 16.3. The van der Waals surface area contributed by atoms with E-state index in [0.717, 1.165) is 99.9 Å². The minimum absolute atomic E-state index is 0.448. The molecule has 0 amide bonds. The Labute approximate surface area is 440 Å². The summed E-state index contributed by atoms with van der Waals surface area (Å²) in [6.07, 6.45) is 0. The summed E-state index contributed by atoms with van der Waals surface area (Å²) >= 11 is 0. The van der Waals surface area contributed by atoms with Crippen molar-refractivity contribution in [2.75, 3.05) is 4.90 Å². The van der Waals surface area contributed by atoms with Crippen molar-refractivity contribution in [1.82, 2.24) is 0 Å². The highest BCUT2D eigenvalue weighted by Crippen LogP contribution is 2.57. The van der Waals surface area contributed by atoms with Crippen molar-refractivity contribution in [2.24, 2.45) is 0 Å². The number of furan rings is 2. The van der Waals surface area contributed by atoms with E-state index >= 15 is 0 Å². The number of nitrogens with zero attached hydrogens (tertiary/aromatic N) is 1. The Bertz CT molecular complexity index is 4470. The van der Waals surface area contributed by atoms with Crippen molar-refractivity contribution in [3.8, 4) is 55.6 Å². The predicted molar refractivity (Wildman–Crippen MR) is 315 cm³/mol. The Balaban J connectivity index is 0.842. The molecule has 0 radical (unpaired) electrons. The summed E-state index contributed by atoms with van der Waals surface area (Å²) < 4.78 is 12.8. The molecule has 1 aliphatic carbocycles. The first kappa shape index (κ1) is 43.6. The second kappa shape index (κ2) is 17.6. The molecule has 0 saturated heterocycles. The molecule has 2 heterocycles. The van der Waals surface area contributed by atoms with Gasteiger partial charge in [-0.2, -0.15) is 0 Å². The van der Waals surface area contributed by atoms with Crippen LogP contribution in [0.3, 0.4) is 0 Å². The first-order valence-corrected chi connectivity index (χ1v) is 26.1. The summed E-state index contributed by atoms with van der Waals surface area (Å²) in [7, 11) is 0. The molecule has 15 rings (SSSR count). The average Bonchev–Trinajstić information content (AvgIpc) is 4.29. The topological polar surface area (TPSA) is 29.5 Å². The second-order valence-corrected chi connectivity index (χ2v) is 19.9. The predicted octanol–water partition coefficient (Wildman–Crippen LogP) is 20.0. The van der Waals surface area contributed by atoms with Crippen LogP contribution >= 0.6 is 0 Å². The lowest BCUT2D eigenvalue weighted by Crippen LogP contribution is -2.28. The summed E-state index contributed by atoms with van der Waals surface area (Å²) in [6.45, 7) is 0. The van der Waals surface area contributed by atoms with Crippen LogP contribution in [0.15, 0.2) is 294 Å². The van der Waals surface area contributed by atoms with Crippen molar-refractivity contribution < 1.29 is 8.83 Å². The molecule has 0 atom stereocenters. The number of anilines is 3. The molecule has 1 aliphatic rings. The Hall–Kier alpha value is -9.96. The van der Waals surface area contributed by atoms with Crippen molar-refractivity contribution in [3.05, 3.63) is 307 Å². The molecule has 3 heteroatoms. The molecule has 0 spiro atoms. The fourth-order valence-electron chi connectivity index (χ4n) is 12.3. The molecule has 76 heavy (non-hydrogen) atoms. The lowest BCUT2D eigenvalue weighted by molar-refractivity contribution is 0.669. The third-order valence-corrected chi connectivity index (χ3v) is 15.8. The molecule has 14 aromatic rings. The van der Waals surface area contributed by atoms with Gasteiger partial charge in [0.15, 0.2) is 0 Å². The lowest BCUT2D eigenvalue weighted by atomic mass is 9.67. The first-order chi connectivity index (χ1) is 37.7. The molecule has 12 aromatic carbocycles. The fourth-order valence-corrected chi connectivity index (χ4v) is 12.3. The Morgan fingerprint density at radius 2 is 0.763 bits per heavy atom.